The molecule has 0 aromatic carbocycles. The summed E-state index contributed by atoms with van der Waals surface area (Å²) in [4.78, 5) is 6.25. The third-order valence-electron chi connectivity index (χ3n) is 2.72. The Labute approximate surface area is 99.9 Å². The highest BCUT2D eigenvalue weighted by atomic mass is 16.5. The Bertz CT molecular complexity index is 500. The van der Waals surface area contributed by atoms with Crippen LogP contribution in [0.15, 0.2) is 12.1 Å². The number of nitrogens with zero attached hydrogens (tertiary/aromatic N) is 4. The molecule has 0 radical (unpaired) electrons. The van der Waals surface area contributed by atoms with Crippen molar-refractivity contribution in [3.8, 4) is 12.1 Å². The van der Waals surface area contributed by atoms with Crippen molar-refractivity contribution in [2.75, 3.05) is 24.6 Å². The Kier molecular flexibility index (Phi) is 3.22. The fourth-order valence-corrected chi connectivity index (χ4v) is 1.74. The van der Waals surface area contributed by atoms with E-state index in [2.05, 4.69) is 17.1 Å². The summed E-state index contributed by atoms with van der Waals surface area (Å²) < 4.78 is 5.26. The van der Waals surface area contributed by atoms with Crippen molar-refractivity contribution >= 4 is 5.82 Å². The first kappa shape index (κ1) is 11.4. The topological polar surface area (TPSA) is 72.9 Å². The van der Waals surface area contributed by atoms with Gasteiger partial charge in [-0.3, -0.25) is 0 Å². The molecule has 0 amide bonds. The summed E-state index contributed by atoms with van der Waals surface area (Å²) in [5.41, 5.74) is 1.30. The number of rotatable bonds is 1. The molecule has 1 atom stereocenters. The number of morpholine rings is 1. The maximum Gasteiger partial charge on any atom is 0.161 e. The van der Waals surface area contributed by atoms with Crippen molar-refractivity contribution in [2.24, 2.45) is 0 Å². The monoisotopic (exact) mass is 228 g/mol. The van der Waals surface area contributed by atoms with E-state index in [1.807, 2.05) is 24.0 Å². The van der Waals surface area contributed by atoms with Gasteiger partial charge in [-0.25, -0.2) is 4.98 Å². The van der Waals surface area contributed by atoms with Crippen LogP contribution in [0.1, 0.15) is 11.3 Å². The summed E-state index contributed by atoms with van der Waals surface area (Å²) in [5.74, 6) is 0.732. The Balaban J connectivity index is 2.23. The van der Waals surface area contributed by atoms with Crippen molar-refractivity contribution < 1.29 is 4.74 Å². The molecule has 0 aliphatic carbocycles. The number of anilines is 1. The molecular formula is C12H12N4O. The minimum absolute atomic E-state index is 0.419. The summed E-state index contributed by atoms with van der Waals surface area (Å²) in [5, 5.41) is 17.8. The van der Waals surface area contributed by atoms with Gasteiger partial charge >= 0.3 is 0 Å². The first-order valence-electron chi connectivity index (χ1n) is 5.38. The number of nitriles is 2. The Morgan fingerprint density at radius 3 is 3.00 bits per heavy atom. The zero-order chi connectivity index (χ0) is 12.3. The molecular weight excluding hydrogens is 216 g/mol. The maximum absolute atomic E-state index is 8.93. The molecule has 2 rings (SSSR count). The smallest absolute Gasteiger partial charge is 0.161 e. The van der Waals surface area contributed by atoms with Gasteiger partial charge in [0.15, 0.2) is 6.10 Å². The van der Waals surface area contributed by atoms with Gasteiger partial charge in [0.1, 0.15) is 17.6 Å². The predicted molar refractivity (Wildman–Crippen MR) is 61.3 cm³/mol. The second-order valence-corrected chi connectivity index (χ2v) is 3.88. The van der Waals surface area contributed by atoms with E-state index >= 15 is 0 Å². The first-order valence-corrected chi connectivity index (χ1v) is 5.38. The largest absolute Gasteiger partial charge is 0.360 e. The lowest BCUT2D eigenvalue weighted by molar-refractivity contribution is 0.0761. The van der Waals surface area contributed by atoms with E-state index in [9.17, 15) is 0 Å². The van der Waals surface area contributed by atoms with Crippen molar-refractivity contribution in [3.05, 3.63) is 23.4 Å². The molecule has 1 fully saturated rings. The quantitative estimate of drug-likeness (QED) is 0.716. The number of hydrogen-bond donors (Lipinski definition) is 0. The molecule has 1 aromatic rings. The molecule has 1 aliphatic rings. The van der Waals surface area contributed by atoms with Gasteiger partial charge in [-0.15, -0.1) is 0 Å². The summed E-state index contributed by atoms with van der Waals surface area (Å²) in [6.07, 6.45) is -0.419. The highest BCUT2D eigenvalue weighted by Crippen LogP contribution is 2.17. The van der Waals surface area contributed by atoms with Gasteiger partial charge in [0, 0.05) is 6.54 Å². The van der Waals surface area contributed by atoms with Crippen LogP contribution in [-0.2, 0) is 4.74 Å². The average Bonchev–Trinajstić information content (AvgIpc) is 2.39. The molecule has 0 N–H and O–H groups in total. The third kappa shape index (κ3) is 2.35. The van der Waals surface area contributed by atoms with Crippen molar-refractivity contribution in [1.29, 1.82) is 10.5 Å². The molecule has 1 aliphatic heterocycles. The van der Waals surface area contributed by atoms with Crippen molar-refractivity contribution in [2.45, 2.75) is 13.0 Å². The van der Waals surface area contributed by atoms with Crippen LogP contribution in [0.2, 0.25) is 0 Å². The Morgan fingerprint density at radius 2 is 2.29 bits per heavy atom. The normalized spacial score (nSPS) is 19.5. The van der Waals surface area contributed by atoms with Crippen LogP contribution in [0.4, 0.5) is 5.82 Å². The minimum atomic E-state index is -0.419. The summed E-state index contributed by atoms with van der Waals surface area (Å²) in [7, 11) is 0. The number of hydrogen-bond acceptors (Lipinski definition) is 5. The highest BCUT2D eigenvalue weighted by Gasteiger charge is 2.21. The molecule has 1 unspecified atom stereocenters. The van der Waals surface area contributed by atoms with Crippen LogP contribution < -0.4 is 4.90 Å². The first-order chi connectivity index (χ1) is 8.24. The molecule has 5 heteroatoms. The molecule has 86 valence electrons. The van der Waals surface area contributed by atoms with Gasteiger partial charge in [0.25, 0.3) is 0 Å². The minimum Gasteiger partial charge on any atom is -0.360 e. The lowest BCUT2D eigenvalue weighted by atomic mass is 10.2. The van der Waals surface area contributed by atoms with E-state index in [0.717, 1.165) is 11.4 Å². The van der Waals surface area contributed by atoms with Crippen LogP contribution in [0.3, 0.4) is 0 Å². The number of aryl methyl sites for hydroxylation is 1. The van der Waals surface area contributed by atoms with Gasteiger partial charge in [0.05, 0.1) is 19.2 Å². The predicted octanol–water partition coefficient (Wildman–Crippen LogP) is 0.990. The highest BCUT2D eigenvalue weighted by molar-refractivity contribution is 5.45. The molecule has 0 bridgehead atoms. The van der Waals surface area contributed by atoms with Gasteiger partial charge in [-0.2, -0.15) is 10.5 Å². The zero-order valence-electron chi connectivity index (χ0n) is 9.55. The second-order valence-electron chi connectivity index (χ2n) is 3.88. The van der Waals surface area contributed by atoms with Gasteiger partial charge < -0.3 is 9.64 Å². The van der Waals surface area contributed by atoms with Crippen LogP contribution in [0.5, 0.6) is 0 Å². The van der Waals surface area contributed by atoms with Crippen LogP contribution in [0, 0.1) is 29.6 Å². The second kappa shape index (κ2) is 4.82. The maximum atomic E-state index is 8.93. The van der Waals surface area contributed by atoms with Gasteiger partial charge in [-0.1, -0.05) is 6.07 Å². The summed E-state index contributed by atoms with van der Waals surface area (Å²) in [6, 6.07) is 7.90. The molecule has 0 spiro atoms. The van der Waals surface area contributed by atoms with Crippen molar-refractivity contribution in [1.82, 2.24) is 4.98 Å². The van der Waals surface area contributed by atoms with Gasteiger partial charge in [0.2, 0.25) is 0 Å². The molecule has 1 aromatic heterocycles. The van der Waals surface area contributed by atoms with Crippen LogP contribution >= 0.6 is 0 Å². The molecule has 1 saturated heterocycles. The lowest BCUT2D eigenvalue weighted by Gasteiger charge is -2.30. The molecule has 2 heterocycles. The Hall–Kier alpha value is -2.11. The molecule has 17 heavy (non-hydrogen) atoms. The van der Waals surface area contributed by atoms with Crippen LogP contribution in [0.25, 0.3) is 0 Å². The Morgan fingerprint density at radius 1 is 1.47 bits per heavy atom. The van der Waals surface area contributed by atoms with E-state index < -0.39 is 6.10 Å². The summed E-state index contributed by atoms with van der Waals surface area (Å²) in [6.45, 7) is 3.55. The van der Waals surface area contributed by atoms with Crippen molar-refractivity contribution in [3.63, 3.8) is 0 Å². The van der Waals surface area contributed by atoms with E-state index in [-0.39, 0.29) is 0 Å². The molecule has 5 nitrogen and oxygen atoms in total. The summed E-state index contributed by atoms with van der Waals surface area (Å²) >= 11 is 0. The third-order valence-corrected chi connectivity index (χ3v) is 2.72. The van der Waals surface area contributed by atoms with E-state index in [0.29, 0.717) is 25.4 Å². The standard InChI is InChI=1S/C12H12N4O/c1-9-2-3-12(15-11(9)7-14)16-4-5-17-10(6-13)8-16/h2-3,10H,4-5,8H2,1H3. The van der Waals surface area contributed by atoms with E-state index in [1.165, 1.54) is 0 Å². The SMILES string of the molecule is Cc1ccc(N2CCOC(C#N)C2)nc1C#N. The zero-order valence-corrected chi connectivity index (χ0v) is 9.55. The van der Waals surface area contributed by atoms with E-state index in [4.69, 9.17) is 15.3 Å². The number of pyridine rings is 1. The van der Waals surface area contributed by atoms with Crippen LogP contribution in [-0.4, -0.2) is 30.8 Å². The fraction of sp³-hybridized carbons (Fsp3) is 0.417. The molecule has 0 saturated carbocycles. The van der Waals surface area contributed by atoms with Gasteiger partial charge in [-0.05, 0) is 18.6 Å². The fourth-order valence-electron chi connectivity index (χ4n) is 1.74. The lowest BCUT2D eigenvalue weighted by Crippen LogP contribution is -2.42. The number of ether oxygens (including phenoxy) is 1. The number of aromatic nitrogens is 1. The van der Waals surface area contributed by atoms with E-state index in [1.54, 1.807) is 0 Å². The average molecular weight is 228 g/mol.